The molecule has 0 aliphatic rings. The van der Waals surface area contributed by atoms with Crippen molar-refractivity contribution in [3.05, 3.63) is 10.4 Å². The molecule has 7 heteroatoms. The molecule has 0 unspecified atom stereocenters. The third kappa shape index (κ3) is 8.97. The number of azide groups is 1. The highest BCUT2D eigenvalue weighted by Gasteiger charge is 2.28. The van der Waals surface area contributed by atoms with Gasteiger partial charge in [-0.3, -0.25) is 4.90 Å². The van der Waals surface area contributed by atoms with Gasteiger partial charge in [-0.05, 0) is 25.5 Å². The summed E-state index contributed by atoms with van der Waals surface area (Å²) in [5, 5.41) is 3.21. The maximum Gasteiger partial charge on any atom is 0.401 e. The average Bonchev–Trinajstić information content (AvgIpc) is 1.94. The topological polar surface area (TPSA) is 52.0 Å². The molecule has 0 radical (unpaired) electrons. The normalized spacial score (nSPS) is 11.5. The number of rotatable bonds is 5. The van der Waals surface area contributed by atoms with Crippen molar-refractivity contribution in [2.75, 3.05) is 26.7 Å². The van der Waals surface area contributed by atoms with E-state index in [2.05, 4.69) is 10.0 Å². The van der Waals surface area contributed by atoms with Crippen LogP contribution in [0, 0.1) is 0 Å². The van der Waals surface area contributed by atoms with Gasteiger partial charge in [-0.25, -0.2) is 0 Å². The molecule has 0 heterocycles. The number of alkyl halides is 3. The standard InChI is InChI=1S/C6H11F3N4/c1-13(5-6(7,8)9)4-2-3-11-12-10/h2-5H2,1H3. The number of halogens is 3. The average molecular weight is 196 g/mol. The van der Waals surface area contributed by atoms with Crippen molar-refractivity contribution in [2.24, 2.45) is 5.11 Å². The lowest BCUT2D eigenvalue weighted by Gasteiger charge is -2.17. The molecule has 0 aromatic rings. The summed E-state index contributed by atoms with van der Waals surface area (Å²) in [6, 6.07) is 0. The largest absolute Gasteiger partial charge is 0.401 e. The van der Waals surface area contributed by atoms with E-state index in [4.69, 9.17) is 5.53 Å². The Bertz CT molecular complexity index is 185. The zero-order chi connectivity index (χ0) is 10.3. The van der Waals surface area contributed by atoms with Gasteiger partial charge < -0.3 is 0 Å². The minimum absolute atomic E-state index is 0.235. The van der Waals surface area contributed by atoms with E-state index in [0.29, 0.717) is 6.42 Å². The second-order valence-corrected chi connectivity index (χ2v) is 2.66. The quantitative estimate of drug-likeness (QED) is 0.288. The summed E-state index contributed by atoms with van der Waals surface area (Å²) in [5.74, 6) is 0. The molecule has 0 amide bonds. The van der Waals surface area contributed by atoms with Crippen LogP contribution in [-0.4, -0.2) is 37.8 Å². The van der Waals surface area contributed by atoms with E-state index in [-0.39, 0.29) is 13.1 Å². The molecule has 0 rings (SSSR count). The first kappa shape index (κ1) is 12.1. The molecule has 0 atom stereocenters. The molecule has 0 aromatic carbocycles. The molecule has 0 aliphatic heterocycles. The van der Waals surface area contributed by atoms with Crippen LogP contribution >= 0.6 is 0 Å². The minimum atomic E-state index is -4.16. The Morgan fingerprint density at radius 2 is 2.08 bits per heavy atom. The monoisotopic (exact) mass is 196 g/mol. The van der Waals surface area contributed by atoms with Gasteiger partial charge in [0.15, 0.2) is 0 Å². The van der Waals surface area contributed by atoms with E-state index in [0.717, 1.165) is 4.90 Å². The highest BCUT2D eigenvalue weighted by atomic mass is 19.4. The highest BCUT2D eigenvalue weighted by molar-refractivity contribution is 4.59. The second kappa shape index (κ2) is 5.66. The summed E-state index contributed by atoms with van der Waals surface area (Å²) in [7, 11) is 1.38. The van der Waals surface area contributed by atoms with Crippen LogP contribution in [0.1, 0.15) is 6.42 Å². The first-order chi connectivity index (χ1) is 5.95. The van der Waals surface area contributed by atoms with Crippen molar-refractivity contribution in [1.82, 2.24) is 4.90 Å². The van der Waals surface area contributed by atoms with E-state index >= 15 is 0 Å². The van der Waals surface area contributed by atoms with Crippen molar-refractivity contribution in [3.63, 3.8) is 0 Å². The molecule has 0 aromatic heterocycles. The molecule has 0 saturated heterocycles. The van der Waals surface area contributed by atoms with E-state index < -0.39 is 12.7 Å². The Morgan fingerprint density at radius 3 is 2.54 bits per heavy atom. The van der Waals surface area contributed by atoms with E-state index in [9.17, 15) is 13.2 Å². The van der Waals surface area contributed by atoms with Gasteiger partial charge in [0.2, 0.25) is 0 Å². The number of hydrogen-bond acceptors (Lipinski definition) is 2. The fourth-order valence-electron chi connectivity index (χ4n) is 0.841. The van der Waals surface area contributed by atoms with Crippen LogP contribution in [0.25, 0.3) is 10.4 Å². The summed E-state index contributed by atoms with van der Waals surface area (Å²) in [6.45, 7) is -0.416. The predicted molar refractivity (Wildman–Crippen MR) is 42.2 cm³/mol. The Labute approximate surface area is 74.0 Å². The number of hydrogen-bond donors (Lipinski definition) is 0. The van der Waals surface area contributed by atoms with Crippen LogP contribution < -0.4 is 0 Å². The predicted octanol–water partition coefficient (Wildman–Crippen LogP) is 2.18. The van der Waals surface area contributed by atoms with Crippen LogP contribution in [0.5, 0.6) is 0 Å². The van der Waals surface area contributed by atoms with Gasteiger partial charge in [-0.15, -0.1) is 0 Å². The Morgan fingerprint density at radius 1 is 1.46 bits per heavy atom. The van der Waals surface area contributed by atoms with Crippen LogP contribution in [0.2, 0.25) is 0 Å². The van der Waals surface area contributed by atoms with Crippen molar-refractivity contribution in [2.45, 2.75) is 12.6 Å². The molecule has 0 fully saturated rings. The summed E-state index contributed by atoms with van der Waals surface area (Å²) in [4.78, 5) is 3.64. The fraction of sp³-hybridized carbons (Fsp3) is 1.00. The van der Waals surface area contributed by atoms with Crippen LogP contribution in [0.15, 0.2) is 5.11 Å². The molecule has 13 heavy (non-hydrogen) atoms. The van der Waals surface area contributed by atoms with Crippen molar-refractivity contribution in [1.29, 1.82) is 0 Å². The van der Waals surface area contributed by atoms with Crippen LogP contribution in [0.4, 0.5) is 13.2 Å². The smallest absolute Gasteiger partial charge is 0.298 e. The Hall–Kier alpha value is -0.940. The van der Waals surface area contributed by atoms with Gasteiger partial charge >= 0.3 is 6.18 Å². The summed E-state index contributed by atoms with van der Waals surface area (Å²) < 4.78 is 35.3. The third-order valence-electron chi connectivity index (χ3n) is 1.31. The third-order valence-corrected chi connectivity index (χ3v) is 1.31. The zero-order valence-electron chi connectivity index (χ0n) is 7.25. The molecule has 0 bridgehead atoms. The maximum absolute atomic E-state index is 11.8. The Kier molecular flexibility index (Phi) is 5.25. The van der Waals surface area contributed by atoms with E-state index in [1.807, 2.05) is 0 Å². The van der Waals surface area contributed by atoms with E-state index in [1.54, 1.807) is 0 Å². The minimum Gasteiger partial charge on any atom is -0.298 e. The van der Waals surface area contributed by atoms with E-state index in [1.165, 1.54) is 7.05 Å². The lowest BCUT2D eigenvalue weighted by molar-refractivity contribution is -0.143. The second-order valence-electron chi connectivity index (χ2n) is 2.66. The maximum atomic E-state index is 11.8. The lowest BCUT2D eigenvalue weighted by atomic mass is 10.4. The first-order valence-corrected chi connectivity index (χ1v) is 3.72. The SMILES string of the molecule is CN(CCCN=[N+]=[N-])CC(F)(F)F. The van der Waals surface area contributed by atoms with Gasteiger partial charge in [0, 0.05) is 11.5 Å². The van der Waals surface area contributed by atoms with Gasteiger partial charge in [0.25, 0.3) is 0 Å². The Balaban J connectivity index is 3.51. The fourth-order valence-corrected chi connectivity index (χ4v) is 0.841. The van der Waals surface area contributed by atoms with Crippen molar-refractivity contribution in [3.8, 4) is 0 Å². The van der Waals surface area contributed by atoms with Crippen LogP contribution in [-0.2, 0) is 0 Å². The number of nitrogens with zero attached hydrogens (tertiary/aromatic N) is 4. The lowest BCUT2D eigenvalue weighted by Crippen LogP contribution is -2.31. The zero-order valence-corrected chi connectivity index (χ0v) is 7.25. The molecule has 0 aliphatic carbocycles. The molecule has 0 spiro atoms. The summed E-state index contributed by atoms with van der Waals surface area (Å²) >= 11 is 0. The van der Waals surface area contributed by atoms with Crippen LogP contribution in [0.3, 0.4) is 0 Å². The molecular formula is C6H11F3N4. The first-order valence-electron chi connectivity index (χ1n) is 3.72. The summed E-state index contributed by atoms with van der Waals surface area (Å²) in [5.41, 5.74) is 7.88. The van der Waals surface area contributed by atoms with Gasteiger partial charge in [0.1, 0.15) is 0 Å². The van der Waals surface area contributed by atoms with Crippen molar-refractivity contribution >= 4 is 0 Å². The molecule has 76 valence electrons. The molecular weight excluding hydrogens is 185 g/mol. The highest BCUT2D eigenvalue weighted by Crippen LogP contribution is 2.15. The molecule has 4 nitrogen and oxygen atoms in total. The van der Waals surface area contributed by atoms with Crippen molar-refractivity contribution < 1.29 is 13.2 Å². The van der Waals surface area contributed by atoms with Gasteiger partial charge in [-0.2, -0.15) is 13.2 Å². The van der Waals surface area contributed by atoms with Gasteiger partial charge in [0.05, 0.1) is 6.54 Å². The van der Waals surface area contributed by atoms with Gasteiger partial charge in [-0.1, -0.05) is 5.11 Å². The molecule has 0 N–H and O–H groups in total. The summed E-state index contributed by atoms with van der Waals surface area (Å²) in [6.07, 6.45) is -3.72. The molecule has 0 saturated carbocycles.